The molecule has 6 nitrogen and oxygen atoms in total. The summed E-state index contributed by atoms with van der Waals surface area (Å²) in [6.07, 6.45) is 0. The molecule has 0 aliphatic heterocycles. The number of anilines is 1. The lowest BCUT2D eigenvalue weighted by molar-refractivity contribution is -0.118. The number of amides is 1. The van der Waals surface area contributed by atoms with E-state index < -0.39 is 5.97 Å². The van der Waals surface area contributed by atoms with E-state index in [0.29, 0.717) is 27.6 Å². The highest BCUT2D eigenvalue weighted by Gasteiger charge is 2.23. The maximum Gasteiger partial charge on any atom is 0.341 e. The molecule has 7 heteroatoms. The van der Waals surface area contributed by atoms with Crippen molar-refractivity contribution < 1.29 is 23.8 Å². The molecule has 0 aliphatic rings. The lowest BCUT2D eigenvalue weighted by Gasteiger charge is -2.14. The molecular weight excluding hydrogens is 426 g/mol. The van der Waals surface area contributed by atoms with E-state index in [0.717, 1.165) is 11.1 Å². The molecule has 0 saturated heterocycles. The molecule has 1 N–H and O–H groups in total. The minimum Gasteiger partial charge on any atom is -0.497 e. The second-order valence-corrected chi connectivity index (χ2v) is 8.21. The zero-order valence-electron chi connectivity index (χ0n) is 18.6. The SMILES string of the molecule is CCOC(=O)c1c(-c2ccc(OC)cc2)csc1NC(=O)COc1ccccc1C(C)C. The van der Waals surface area contributed by atoms with E-state index in [9.17, 15) is 9.59 Å². The van der Waals surface area contributed by atoms with Crippen LogP contribution in [0.4, 0.5) is 5.00 Å². The lowest BCUT2D eigenvalue weighted by Crippen LogP contribution is -2.21. The molecule has 2 aromatic carbocycles. The molecule has 3 aromatic rings. The Morgan fingerprint density at radius 2 is 1.78 bits per heavy atom. The number of nitrogens with one attached hydrogen (secondary N) is 1. The summed E-state index contributed by atoms with van der Waals surface area (Å²) in [5.74, 6) is 0.828. The van der Waals surface area contributed by atoms with Crippen LogP contribution in [-0.4, -0.2) is 32.2 Å². The predicted molar refractivity (Wildman–Crippen MR) is 127 cm³/mol. The van der Waals surface area contributed by atoms with Crippen LogP contribution in [0.25, 0.3) is 11.1 Å². The van der Waals surface area contributed by atoms with Crippen molar-refractivity contribution in [1.82, 2.24) is 0 Å². The molecule has 0 bridgehead atoms. The van der Waals surface area contributed by atoms with Crippen molar-refractivity contribution in [1.29, 1.82) is 0 Å². The average Bonchev–Trinajstić information content (AvgIpc) is 3.21. The summed E-state index contributed by atoms with van der Waals surface area (Å²) < 4.78 is 16.2. The third kappa shape index (κ3) is 5.48. The quantitative estimate of drug-likeness (QED) is 0.418. The number of hydrogen-bond acceptors (Lipinski definition) is 6. The normalized spacial score (nSPS) is 10.7. The van der Waals surface area contributed by atoms with Crippen LogP contribution in [0.15, 0.2) is 53.9 Å². The Balaban J connectivity index is 1.80. The summed E-state index contributed by atoms with van der Waals surface area (Å²) in [6, 6.07) is 15.0. The second kappa shape index (κ2) is 10.8. The largest absolute Gasteiger partial charge is 0.497 e. The second-order valence-electron chi connectivity index (χ2n) is 7.33. The predicted octanol–water partition coefficient (Wildman–Crippen LogP) is 5.74. The van der Waals surface area contributed by atoms with E-state index in [1.54, 1.807) is 14.0 Å². The highest BCUT2D eigenvalue weighted by Crippen LogP contribution is 2.37. The Labute approximate surface area is 192 Å². The Morgan fingerprint density at radius 3 is 2.44 bits per heavy atom. The fraction of sp³-hybridized carbons (Fsp3) is 0.280. The first-order valence-corrected chi connectivity index (χ1v) is 11.3. The molecular formula is C25H27NO5S. The van der Waals surface area contributed by atoms with E-state index >= 15 is 0 Å². The van der Waals surface area contributed by atoms with Crippen molar-refractivity contribution in [2.24, 2.45) is 0 Å². The van der Waals surface area contributed by atoms with Crippen molar-refractivity contribution in [3.05, 3.63) is 65.0 Å². The maximum atomic E-state index is 12.7. The van der Waals surface area contributed by atoms with Gasteiger partial charge in [0, 0.05) is 10.9 Å². The number of methoxy groups -OCH3 is 1. The van der Waals surface area contributed by atoms with Crippen LogP contribution in [0.3, 0.4) is 0 Å². The fourth-order valence-corrected chi connectivity index (χ4v) is 4.21. The van der Waals surface area contributed by atoms with Gasteiger partial charge in [0.1, 0.15) is 22.1 Å². The number of esters is 1. The summed E-state index contributed by atoms with van der Waals surface area (Å²) in [7, 11) is 1.60. The Morgan fingerprint density at radius 1 is 1.06 bits per heavy atom. The van der Waals surface area contributed by atoms with Crippen LogP contribution in [-0.2, 0) is 9.53 Å². The molecule has 32 heavy (non-hydrogen) atoms. The van der Waals surface area contributed by atoms with Gasteiger partial charge in [0.05, 0.1) is 13.7 Å². The highest BCUT2D eigenvalue weighted by molar-refractivity contribution is 7.15. The molecule has 0 atom stereocenters. The minimum atomic E-state index is -0.485. The Hall–Kier alpha value is -3.32. The van der Waals surface area contributed by atoms with E-state index in [-0.39, 0.29) is 25.0 Å². The molecule has 1 amide bonds. The summed E-state index contributed by atoms with van der Waals surface area (Å²) in [6.45, 7) is 5.96. The van der Waals surface area contributed by atoms with Gasteiger partial charge >= 0.3 is 5.97 Å². The topological polar surface area (TPSA) is 73.9 Å². The minimum absolute atomic E-state index is 0.165. The van der Waals surface area contributed by atoms with Crippen LogP contribution >= 0.6 is 11.3 Å². The van der Waals surface area contributed by atoms with Crippen LogP contribution in [0.2, 0.25) is 0 Å². The van der Waals surface area contributed by atoms with Gasteiger partial charge in [0.2, 0.25) is 0 Å². The molecule has 0 aliphatic carbocycles. The van der Waals surface area contributed by atoms with Crippen LogP contribution in [0.1, 0.15) is 42.6 Å². The number of para-hydroxylation sites is 1. The van der Waals surface area contributed by atoms with Gasteiger partial charge < -0.3 is 19.5 Å². The number of thiophene rings is 1. The first kappa shape index (κ1) is 23.3. The third-order valence-electron chi connectivity index (χ3n) is 4.82. The van der Waals surface area contributed by atoms with Gasteiger partial charge in [-0.1, -0.05) is 44.2 Å². The molecule has 1 aromatic heterocycles. The van der Waals surface area contributed by atoms with Crippen LogP contribution in [0.5, 0.6) is 11.5 Å². The van der Waals surface area contributed by atoms with Crippen LogP contribution in [0, 0.1) is 0 Å². The van der Waals surface area contributed by atoms with E-state index in [1.807, 2.05) is 53.9 Å². The number of carbonyl (C=O) groups is 2. The number of rotatable bonds is 9. The van der Waals surface area contributed by atoms with Gasteiger partial charge in [0.25, 0.3) is 5.91 Å². The first-order chi connectivity index (χ1) is 15.4. The van der Waals surface area contributed by atoms with Crippen molar-refractivity contribution in [2.75, 3.05) is 25.6 Å². The average molecular weight is 454 g/mol. The van der Waals surface area contributed by atoms with Gasteiger partial charge in [-0.25, -0.2) is 4.79 Å². The first-order valence-electron chi connectivity index (χ1n) is 10.4. The van der Waals surface area contributed by atoms with Gasteiger partial charge in [0.15, 0.2) is 6.61 Å². The molecule has 0 radical (unpaired) electrons. The van der Waals surface area contributed by atoms with E-state index in [2.05, 4.69) is 19.2 Å². The number of hydrogen-bond donors (Lipinski definition) is 1. The molecule has 0 fully saturated rings. The molecule has 0 unspecified atom stereocenters. The number of carbonyl (C=O) groups excluding carboxylic acids is 2. The van der Waals surface area contributed by atoms with Crippen molar-refractivity contribution in [2.45, 2.75) is 26.7 Å². The Kier molecular flexibility index (Phi) is 7.89. The van der Waals surface area contributed by atoms with Crippen molar-refractivity contribution >= 4 is 28.2 Å². The molecule has 168 valence electrons. The third-order valence-corrected chi connectivity index (χ3v) is 5.72. The van der Waals surface area contributed by atoms with Gasteiger partial charge in [-0.2, -0.15) is 0 Å². The maximum absolute atomic E-state index is 12.7. The Bertz CT molecular complexity index is 1070. The zero-order chi connectivity index (χ0) is 23.1. The molecule has 0 saturated carbocycles. The summed E-state index contributed by atoms with van der Waals surface area (Å²) >= 11 is 1.27. The van der Waals surface area contributed by atoms with Gasteiger partial charge in [-0.15, -0.1) is 11.3 Å². The summed E-state index contributed by atoms with van der Waals surface area (Å²) in [4.78, 5) is 25.3. The number of ether oxygens (including phenoxy) is 3. The number of benzene rings is 2. The summed E-state index contributed by atoms with van der Waals surface area (Å²) in [5.41, 5.74) is 2.88. The van der Waals surface area contributed by atoms with E-state index in [1.165, 1.54) is 11.3 Å². The van der Waals surface area contributed by atoms with E-state index in [4.69, 9.17) is 14.2 Å². The highest BCUT2D eigenvalue weighted by atomic mass is 32.1. The van der Waals surface area contributed by atoms with Crippen molar-refractivity contribution in [3.63, 3.8) is 0 Å². The molecule has 0 spiro atoms. The van der Waals surface area contributed by atoms with Crippen LogP contribution < -0.4 is 14.8 Å². The monoisotopic (exact) mass is 453 g/mol. The molecule has 3 rings (SSSR count). The zero-order valence-corrected chi connectivity index (χ0v) is 19.5. The smallest absolute Gasteiger partial charge is 0.341 e. The van der Waals surface area contributed by atoms with Gasteiger partial charge in [-0.3, -0.25) is 4.79 Å². The fourth-order valence-electron chi connectivity index (χ4n) is 3.23. The summed E-state index contributed by atoms with van der Waals surface area (Å²) in [5, 5.41) is 5.07. The standard InChI is InChI=1S/C25H27NO5S/c1-5-30-25(28)23-20(17-10-12-18(29-4)13-11-17)15-32-24(23)26-22(27)14-31-21-9-7-6-8-19(21)16(2)3/h6-13,15-16H,5,14H2,1-4H3,(H,26,27). The van der Waals surface area contributed by atoms with Crippen molar-refractivity contribution in [3.8, 4) is 22.6 Å². The lowest BCUT2D eigenvalue weighted by atomic mass is 10.0. The molecule has 1 heterocycles. The van der Waals surface area contributed by atoms with Gasteiger partial charge in [-0.05, 0) is 42.2 Å².